The smallest absolute Gasteiger partial charge is 0.410 e. The summed E-state index contributed by atoms with van der Waals surface area (Å²) in [6.07, 6.45) is 4.83. The van der Waals surface area contributed by atoms with Crippen molar-refractivity contribution in [1.82, 2.24) is 24.0 Å². The molecule has 1 unspecified atom stereocenters. The number of nitrogens with two attached hydrogens (primary N) is 3. The van der Waals surface area contributed by atoms with Crippen molar-refractivity contribution in [3.8, 4) is 23.3 Å². The highest BCUT2D eigenvalue weighted by Crippen LogP contribution is 2.31. The zero-order chi connectivity index (χ0) is 35.5. The van der Waals surface area contributed by atoms with Gasteiger partial charge in [-0.3, -0.25) is 4.79 Å². The van der Waals surface area contributed by atoms with Crippen molar-refractivity contribution in [1.29, 1.82) is 0 Å². The third-order valence-corrected chi connectivity index (χ3v) is 7.92. The zero-order valence-corrected chi connectivity index (χ0v) is 27.9. The van der Waals surface area contributed by atoms with Crippen molar-refractivity contribution in [3.05, 3.63) is 47.5 Å². The molecule has 3 heterocycles. The summed E-state index contributed by atoms with van der Waals surface area (Å²) in [6.45, 7) is 7.38. The molecule has 1 atom stereocenters. The number of rotatable bonds is 10. The number of hydrogen-bond donors (Lipinski definition) is 4. The van der Waals surface area contributed by atoms with Crippen LogP contribution in [-0.2, 0) is 17.8 Å². The number of carbonyl (C=O) groups is 3. The van der Waals surface area contributed by atoms with Gasteiger partial charge in [0.05, 0.1) is 23.7 Å². The van der Waals surface area contributed by atoms with Crippen LogP contribution in [0.4, 0.5) is 16.7 Å². The number of allylic oxidation sites excluding steroid dienone is 2. The molecule has 49 heavy (non-hydrogen) atoms. The molecule has 0 aliphatic carbocycles. The van der Waals surface area contributed by atoms with Gasteiger partial charge in [-0.15, -0.1) is 0 Å². The monoisotopic (exact) mass is 672 g/mol. The molecule has 0 saturated carbocycles. The second kappa shape index (κ2) is 14.1. The molecule has 1 aliphatic rings. The van der Waals surface area contributed by atoms with E-state index >= 15 is 0 Å². The number of aromatic nitrogens is 4. The Kier molecular flexibility index (Phi) is 9.88. The van der Waals surface area contributed by atoms with Gasteiger partial charge in [-0.25, -0.2) is 19.6 Å². The Bertz CT molecular complexity index is 2010. The van der Waals surface area contributed by atoms with Gasteiger partial charge in [0.25, 0.3) is 0 Å². The molecule has 2 aromatic carbocycles. The predicted molar refractivity (Wildman–Crippen MR) is 183 cm³/mol. The van der Waals surface area contributed by atoms with E-state index < -0.39 is 17.5 Å². The lowest BCUT2D eigenvalue weighted by Gasteiger charge is -2.24. The van der Waals surface area contributed by atoms with Crippen LogP contribution in [0.2, 0.25) is 0 Å². The van der Waals surface area contributed by atoms with Crippen molar-refractivity contribution in [2.45, 2.75) is 52.3 Å². The van der Waals surface area contributed by atoms with Gasteiger partial charge >= 0.3 is 12.1 Å². The Labute approximate surface area is 282 Å². The molecule has 15 nitrogen and oxygen atoms in total. The minimum Gasteiger partial charge on any atom is -0.494 e. The van der Waals surface area contributed by atoms with Crippen molar-refractivity contribution < 1.29 is 33.7 Å². The lowest BCUT2D eigenvalue weighted by molar-refractivity contribution is 0.0288. The summed E-state index contributed by atoms with van der Waals surface area (Å²) >= 11 is 0. The summed E-state index contributed by atoms with van der Waals surface area (Å²) in [5, 5.41) is 9.42. The van der Waals surface area contributed by atoms with E-state index in [0.717, 1.165) is 6.42 Å². The molecule has 0 bridgehead atoms. The highest BCUT2D eigenvalue weighted by Gasteiger charge is 2.29. The van der Waals surface area contributed by atoms with E-state index in [-0.39, 0.29) is 41.6 Å². The van der Waals surface area contributed by atoms with Crippen LogP contribution in [0.3, 0.4) is 0 Å². The van der Waals surface area contributed by atoms with Gasteiger partial charge in [-0.2, -0.15) is 0 Å². The molecule has 1 fully saturated rings. The first kappa shape index (κ1) is 34.4. The standard InChI is InChI=1S/C34H40N8O7/c1-34(2,3)49-33(46)40-13-10-20(19-40)9-5-8-14-48-26-17-21(29(35)43)15-23-28(26)42(32(37)38-23)12-7-6-11-41-27-24(39-31(41)36)16-22(30(44)45)18-25(27)47-4/h6-7,15-18,20H,9-14,19H2,1-4H3,(H2,35,43)(H2,36,39)(H2,37,38)(H,44,45). The van der Waals surface area contributed by atoms with Gasteiger partial charge in [0, 0.05) is 38.2 Å². The highest BCUT2D eigenvalue weighted by molar-refractivity contribution is 5.99. The van der Waals surface area contributed by atoms with Crippen LogP contribution < -0.4 is 26.7 Å². The van der Waals surface area contributed by atoms with E-state index in [2.05, 4.69) is 21.8 Å². The van der Waals surface area contributed by atoms with Crippen LogP contribution in [-0.4, -0.2) is 79.5 Å². The van der Waals surface area contributed by atoms with Crippen molar-refractivity contribution in [2.24, 2.45) is 11.7 Å². The quantitative estimate of drug-likeness (QED) is 0.141. The van der Waals surface area contributed by atoms with E-state index in [1.165, 1.54) is 19.2 Å². The molecule has 2 aromatic heterocycles. The average Bonchev–Trinajstić information content (AvgIpc) is 3.72. The lowest BCUT2D eigenvalue weighted by atomic mass is 10.1. The normalized spacial score (nSPS) is 14.7. The number of primary amides is 1. The predicted octanol–water partition coefficient (Wildman–Crippen LogP) is 3.64. The largest absolute Gasteiger partial charge is 0.494 e. The second-order valence-electron chi connectivity index (χ2n) is 12.6. The number of amides is 2. The van der Waals surface area contributed by atoms with E-state index in [4.69, 9.17) is 31.4 Å². The number of carboxylic acids is 1. The van der Waals surface area contributed by atoms with E-state index in [0.29, 0.717) is 66.2 Å². The van der Waals surface area contributed by atoms with Crippen molar-refractivity contribution in [2.75, 3.05) is 38.3 Å². The SMILES string of the molecule is COc1cc(C(=O)O)cc2nc(N)n(CC=CCn3c(N)nc4cc(C(N)=O)cc(OCC#CCC5CCN(C(=O)OC(C)(C)C)C5)c43)c12. The maximum absolute atomic E-state index is 12.4. The highest BCUT2D eigenvalue weighted by atomic mass is 16.6. The van der Waals surface area contributed by atoms with Gasteiger partial charge in [-0.1, -0.05) is 24.0 Å². The number of carboxylic acid groups (broad SMARTS) is 1. The minimum absolute atomic E-state index is 0.0379. The summed E-state index contributed by atoms with van der Waals surface area (Å²) < 4.78 is 20.4. The molecule has 2 amide bonds. The van der Waals surface area contributed by atoms with Crippen LogP contribution in [0, 0.1) is 17.8 Å². The Morgan fingerprint density at radius 2 is 1.55 bits per heavy atom. The first-order chi connectivity index (χ1) is 23.3. The molecule has 1 aliphatic heterocycles. The molecule has 1 saturated heterocycles. The molecule has 4 aromatic rings. The Balaban J connectivity index is 1.29. The molecule has 7 N–H and O–H groups in total. The van der Waals surface area contributed by atoms with Crippen LogP contribution >= 0.6 is 0 Å². The topological polar surface area (TPSA) is 216 Å². The van der Waals surface area contributed by atoms with E-state index in [9.17, 15) is 19.5 Å². The number of anilines is 2. The molecule has 5 rings (SSSR count). The average molecular weight is 673 g/mol. The fourth-order valence-electron chi connectivity index (χ4n) is 5.63. The summed E-state index contributed by atoms with van der Waals surface area (Å²) in [6, 6.07) is 5.96. The second-order valence-corrected chi connectivity index (χ2v) is 12.6. The van der Waals surface area contributed by atoms with Gasteiger partial charge in [0.1, 0.15) is 34.7 Å². The number of nitrogen functional groups attached to an aromatic ring is 2. The van der Waals surface area contributed by atoms with Gasteiger partial charge in [0.2, 0.25) is 17.8 Å². The summed E-state index contributed by atoms with van der Waals surface area (Å²) in [4.78, 5) is 46.4. The van der Waals surface area contributed by atoms with Crippen LogP contribution in [0.15, 0.2) is 36.4 Å². The summed E-state index contributed by atoms with van der Waals surface area (Å²) in [5.41, 5.74) is 19.7. The number of carbonyl (C=O) groups excluding carboxylic acids is 2. The van der Waals surface area contributed by atoms with E-state index in [1.807, 2.05) is 32.9 Å². The van der Waals surface area contributed by atoms with E-state index in [1.54, 1.807) is 26.2 Å². The Hall–Kier alpha value is -5.91. The summed E-state index contributed by atoms with van der Waals surface area (Å²) in [7, 11) is 1.45. The first-order valence-electron chi connectivity index (χ1n) is 15.6. The van der Waals surface area contributed by atoms with Crippen molar-refractivity contribution in [3.63, 3.8) is 0 Å². The number of hydrogen-bond acceptors (Lipinski definition) is 10. The molecular formula is C34H40N8O7. The maximum atomic E-state index is 12.4. The van der Waals surface area contributed by atoms with Crippen LogP contribution in [0.5, 0.6) is 11.5 Å². The third-order valence-electron chi connectivity index (χ3n) is 7.92. The number of likely N-dealkylation sites (tertiary alicyclic amines) is 1. The number of ether oxygens (including phenoxy) is 3. The van der Waals surface area contributed by atoms with Gasteiger partial charge < -0.3 is 50.6 Å². The van der Waals surface area contributed by atoms with Gasteiger partial charge in [-0.05, 0) is 57.4 Å². The molecule has 15 heteroatoms. The molecule has 0 radical (unpaired) electrons. The number of imidazole rings is 2. The summed E-state index contributed by atoms with van der Waals surface area (Å²) in [5.74, 6) is 5.73. The van der Waals surface area contributed by atoms with Crippen LogP contribution in [0.1, 0.15) is 54.3 Å². The fourth-order valence-corrected chi connectivity index (χ4v) is 5.63. The third kappa shape index (κ3) is 7.81. The lowest BCUT2D eigenvalue weighted by Crippen LogP contribution is -2.35. The Morgan fingerprint density at radius 3 is 2.12 bits per heavy atom. The van der Waals surface area contributed by atoms with Gasteiger partial charge in [0.15, 0.2) is 0 Å². The van der Waals surface area contributed by atoms with Crippen LogP contribution in [0.25, 0.3) is 22.1 Å². The van der Waals surface area contributed by atoms with Crippen molar-refractivity contribution >= 4 is 51.9 Å². The Morgan fingerprint density at radius 1 is 0.959 bits per heavy atom. The minimum atomic E-state index is -1.10. The number of methoxy groups -OCH3 is 1. The number of nitrogens with zero attached hydrogens (tertiary/aromatic N) is 5. The molecule has 258 valence electrons. The number of benzene rings is 2. The number of fused-ring (bicyclic) bond motifs is 2. The number of aromatic carboxylic acids is 1. The fraction of sp³-hybridized carbons (Fsp3) is 0.382. The maximum Gasteiger partial charge on any atom is 0.410 e. The first-order valence-corrected chi connectivity index (χ1v) is 15.6. The molecule has 0 spiro atoms. The molecular weight excluding hydrogens is 632 g/mol. The zero-order valence-electron chi connectivity index (χ0n) is 27.9.